The van der Waals surface area contributed by atoms with E-state index in [4.69, 9.17) is 5.11 Å². The Morgan fingerprint density at radius 2 is 2.26 bits per heavy atom. The zero-order chi connectivity index (χ0) is 13.2. The van der Waals surface area contributed by atoms with Crippen molar-refractivity contribution in [2.24, 2.45) is 0 Å². The molecule has 19 heavy (non-hydrogen) atoms. The van der Waals surface area contributed by atoms with Crippen molar-refractivity contribution < 1.29 is 9.90 Å². The van der Waals surface area contributed by atoms with Crippen LogP contribution in [0.5, 0.6) is 0 Å². The van der Waals surface area contributed by atoms with Crippen LogP contribution in [-0.4, -0.2) is 33.9 Å². The number of benzene rings is 1. The maximum absolute atomic E-state index is 10.9. The summed E-state index contributed by atoms with van der Waals surface area (Å²) in [5, 5.41) is 13.2. The Labute approximate surface area is 111 Å². The summed E-state index contributed by atoms with van der Waals surface area (Å²) in [7, 11) is 0. The van der Waals surface area contributed by atoms with Gasteiger partial charge in [0.2, 0.25) is 0 Å². The van der Waals surface area contributed by atoms with E-state index in [2.05, 4.69) is 10.00 Å². The second-order valence-corrected chi connectivity index (χ2v) is 4.65. The van der Waals surface area contributed by atoms with E-state index in [0.717, 1.165) is 37.3 Å². The van der Waals surface area contributed by atoms with Gasteiger partial charge < -0.3 is 10.0 Å². The molecule has 0 fully saturated rings. The zero-order valence-corrected chi connectivity index (χ0v) is 10.5. The number of anilines is 1. The molecule has 0 aliphatic carbocycles. The Kier molecular flexibility index (Phi) is 2.95. The second kappa shape index (κ2) is 4.76. The van der Waals surface area contributed by atoms with Gasteiger partial charge in [0.05, 0.1) is 12.1 Å². The third kappa shape index (κ3) is 2.31. The van der Waals surface area contributed by atoms with Crippen LogP contribution < -0.4 is 4.90 Å². The highest BCUT2D eigenvalue weighted by molar-refractivity contribution is 5.88. The van der Waals surface area contributed by atoms with Crippen LogP contribution in [-0.2, 0) is 13.0 Å². The van der Waals surface area contributed by atoms with Crippen LogP contribution in [0.1, 0.15) is 15.9 Å². The van der Waals surface area contributed by atoms with Crippen LogP contribution >= 0.6 is 0 Å². The predicted octanol–water partition coefficient (Wildman–Crippen LogP) is 1.64. The molecule has 1 aliphatic heterocycles. The summed E-state index contributed by atoms with van der Waals surface area (Å²) < 4.78 is 1.91. The van der Waals surface area contributed by atoms with Gasteiger partial charge in [-0.1, -0.05) is 0 Å². The van der Waals surface area contributed by atoms with Gasteiger partial charge in [0.25, 0.3) is 0 Å². The first-order valence-electron chi connectivity index (χ1n) is 6.32. The number of carboxylic acids is 1. The molecule has 0 bridgehead atoms. The van der Waals surface area contributed by atoms with Crippen molar-refractivity contribution in [1.82, 2.24) is 9.78 Å². The molecule has 0 radical (unpaired) electrons. The van der Waals surface area contributed by atoms with Crippen LogP contribution in [0.2, 0.25) is 0 Å². The van der Waals surface area contributed by atoms with Crippen LogP contribution in [0.4, 0.5) is 5.69 Å². The monoisotopic (exact) mass is 257 g/mol. The van der Waals surface area contributed by atoms with Gasteiger partial charge in [0, 0.05) is 31.2 Å². The summed E-state index contributed by atoms with van der Waals surface area (Å²) in [4.78, 5) is 13.2. The molecule has 5 nitrogen and oxygen atoms in total. The molecule has 0 saturated heterocycles. The molecule has 1 aromatic heterocycles. The Bertz CT molecular complexity index is 593. The lowest BCUT2D eigenvalue weighted by Gasteiger charge is -2.19. The van der Waals surface area contributed by atoms with Crippen LogP contribution in [0, 0.1) is 0 Å². The third-order valence-electron chi connectivity index (χ3n) is 3.48. The van der Waals surface area contributed by atoms with Crippen LogP contribution in [0.3, 0.4) is 0 Å². The standard InChI is InChI=1S/C14H15N3O2/c18-14(19)12-2-3-13-11(10-12)4-7-16(13)8-9-17-6-1-5-15-17/h1-3,5-6,10H,4,7-9H2,(H,18,19). The number of aromatic nitrogens is 2. The molecule has 0 amide bonds. The molecule has 0 unspecified atom stereocenters. The highest BCUT2D eigenvalue weighted by Crippen LogP contribution is 2.28. The molecule has 0 spiro atoms. The number of aromatic carboxylic acids is 1. The number of fused-ring (bicyclic) bond motifs is 1. The summed E-state index contributed by atoms with van der Waals surface area (Å²) in [5.74, 6) is -0.863. The summed E-state index contributed by atoms with van der Waals surface area (Å²) in [5.41, 5.74) is 2.64. The fourth-order valence-corrected chi connectivity index (χ4v) is 2.49. The maximum atomic E-state index is 10.9. The average Bonchev–Trinajstić information content (AvgIpc) is 3.05. The van der Waals surface area contributed by atoms with Gasteiger partial charge in [-0.05, 0) is 36.2 Å². The molecular formula is C14H15N3O2. The summed E-state index contributed by atoms with van der Waals surface area (Å²) >= 11 is 0. The first-order chi connectivity index (χ1) is 9.24. The van der Waals surface area contributed by atoms with Crippen LogP contribution in [0.15, 0.2) is 36.7 Å². The number of hydrogen-bond acceptors (Lipinski definition) is 3. The van der Waals surface area contributed by atoms with Gasteiger partial charge in [-0.2, -0.15) is 5.10 Å². The lowest BCUT2D eigenvalue weighted by Crippen LogP contribution is -2.25. The van der Waals surface area contributed by atoms with Crippen molar-refractivity contribution in [2.75, 3.05) is 18.0 Å². The second-order valence-electron chi connectivity index (χ2n) is 4.65. The van der Waals surface area contributed by atoms with E-state index < -0.39 is 5.97 Å². The van der Waals surface area contributed by atoms with E-state index in [1.54, 1.807) is 18.3 Å². The molecule has 0 saturated carbocycles. The Morgan fingerprint density at radius 1 is 1.37 bits per heavy atom. The number of rotatable bonds is 4. The Balaban J connectivity index is 1.73. The largest absolute Gasteiger partial charge is 0.478 e. The van der Waals surface area contributed by atoms with Crippen molar-refractivity contribution in [3.8, 4) is 0 Å². The fraction of sp³-hybridized carbons (Fsp3) is 0.286. The van der Waals surface area contributed by atoms with E-state index in [-0.39, 0.29) is 0 Å². The molecule has 98 valence electrons. The number of carboxylic acid groups (broad SMARTS) is 1. The van der Waals surface area contributed by atoms with Gasteiger partial charge >= 0.3 is 5.97 Å². The zero-order valence-electron chi connectivity index (χ0n) is 10.5. The van der Waals surface area contributed by atoms with E-state index in [9.17, 15) is 4.79 Å². The van der Waals surface area contributed by atoms with Crippen molar-refractivity contribution in [3.05, 3.63) is 47.8 Å². The number of carbonyl (C=O) groups is 1. The molecule has 3 rings (SSSR count). The van der Waals surface area contributed by atoms with E-state index >= 15 is 0 Å². The highest BCUT2D eigenvalue weighted by Gasteiger charge is 2.20. The molecule has 1 N–H and O–H groups in total. The van der Waals surface area contributed by atoms with Gasteiger partial charge in [0.15, 0.2) is 0 Å². The first kappa shape index (κ1) is 11.8. The molecule has 1 aromatic carbocycles. The fourth-order valence-electron chi connectivity index (χ4n) is 2.49. The Morgan fingerprint density at radius 3 is 3.00 bits per heavy atom. The molecule has 2 heterocycles. The van der Waals surface area contributed by atoms with Crippen molar-refractivity contribution in [1.29, 1.82) is 0 Å². The quantitative estimate of drug-likeness (QED) is 0.904. The number of nitrogens with zero attached hydrogens (tertiary/aromatic N) is 3. The van der Waals surface area contributed by atoms with E-state index in [1.165, 1.54) is 0 Å². The highest BCUT2D eigenvalue weighted by atomic mass is 16.4. The maximum Gasteiger partial charge on any atom is 0.335 e. The van der Waals surface area contributed by atoms with Gasteiger partial charge in [0.1, 0.15) is 0 Å². The lowest BCUT2D eigenvalue weighted by atomic mass is 10.1. The van der Waals surface area contributed by atoms with Gasteiger partial charge in [-0.25, -0.2) is 4.79 Å². The molecule has 2 aromatic rings. The normalized spacial score (nSPS) is 13.6. The molecule has 5 heteroatoms. The van der Waals surface area contributed by atoms with Gasteiger partial charge in [-0.3, -0.25) is 4.68 Å². The molecular weight excluding hydrogens is 242 g/mol. The minimum absolute atomic E-state index is 0.368. The van der Waals surface area contributed by atoms with E-state index in [0.29, 0.717) is 5.56 Å². The summed E-state index contributed by atoms with van der Waals surface area (Å²) in [6, 6.07) is 7.28. The average molecular weight is 257 g/mol. The predicted molar refractivity (Wildman–Crippen MR) is 71.5 cm³/mol. The number of hydrogen-bond donors (Lipinski definition) is 1. The van der Waals surface area contributed by atoms with Crippen molar-refractivity contribution in [2.45, 2.75) is 13.0 Å². The summed E-state index contributed by atoms with van der Waals surface area (Å²) in [6.07, 6.45) is 4.64. The van der Waals surface area contributed by atoms with Crippen molar-refractivity contribution in [3.63, 3.8) is 0 Å². The third-order valence-corrected chi connectivity index (χ3v) is 3.48. The minimum Gasteiger partial charge on any atom is -0.478 e. The van der Waals surface area contributed by atoms with Crippen molar-refractivity contribution >= 4 is 11.7 Å². The molecule has 1 aliphatic rings. The van der Waals surface area contributed by atoms with Crippen LogP contribution in [0.25, 0.3) is 0 Å². The SMILES string of the molecule is O=C(O)c1ccc2c(c1)CCN2CCn1cccn1. The first-order valence-corrected chi connectivity index (χ1v) is 6.32. The lowest BCUT2D eigenvalue weighted by molar-refractivity contribution is 0.0697. The topological polar surface area (TPSA) is 58.4 Å². The smallest absolute Gasteiger partial charge is 0.335 e. The van der Waals surface area contributed by atoms with E-state index in [1.807, 2.05) is 23.0 Å². The summed E-state index contributed by atoms with van der Waals surface area (Å²) in [6.45, 7) is 2.67. The Hall–Kier alpha value is -2.30. The minimum atomic E-state index is -0.863. The molecule has 0 atom stereocenters. The van der Waals surface area contributed by atoms with Gasteiger partial charge in [-0.15, -0.1) is 0 Å².